The van der Waals surface area contributed by atoms with Gasteiger partial charge in [-0.15, -0.1) is 0 Å². The highest BCUT2D eigenvalue weighted by Crippen LogP contribution is 2.36. The molecule has 1 aliphatic rings. The topological polar surface area (TPSA) is 93.9 Å². The molecule has 1 saturated heterocycles. The second kappa shape index (κ2) is 11.4. The lowest BCUT2D eigenvalue weighted by atomic mass is 9.91. The summed E-state index contributed by atoms with van der Waals surface area (Å²) in [6.07, 6.45) is 4.67. The summed E-state index contributed by atoms with van der Waals surface area (Å²) >= 11 is 0. The fourth-order valence-electron chi connectivity index (χ4n) is 4.92. The molecule has 1 fully saturated rings. The van der Waals surface area contributed by atoms with Gasteiger partial charge >= 0.3 is 5.97 Å². The summed E-state index contributed by atoms with van der Waals surface area (Å²) in [5.74, 6) is 0.287. The van der Waals surface area contributed by atoms with Crippen LogP contribution in [-0.4, -0.2) is 52.3 Å². The van der Waals surface area contributed by atoms with Gasteiger partial charge in [0.1, 0.15) is 11.5 Å². The number of piperidine rings is 1. The molecule has 1 aliphatic heterocycles. The number of benzene rings is 1. The number of carbonyl (C=O) groups excluding carboxylic acids is 1. The SMILES string of the molecule is CCOC(=O)C1CCN(C(c2cccc(OC)c2)c2c(O)cc(C)n(Cc3cccnc3)c2=O)CC1. The molecular weight excluding hydrogens is 458 g/mol. The lowest BCUT2D eigenvalue weighted by Gasteiger charge is -2.37. The smallest absolute Gasteiger partial charge is 0.309 e. The second-order valence-corrected chi connectivity index (χ2v) is 9.08. The first-order valence-electron chi connectivity index (χ1n) is 12.3. The van der Waals surface area contributed by atoms with Crippen LogP contribution in [0, 0.1) is 12.8 Å². The van der Waals surface area contributed by atoms with Gasteiger partial charge in [-0.2, -0.15) is 0 Å². The summed E-state index contributed by atoms with van der Waals surface area (Å²) in [5.41, 5.74) is 2.46. The van der Waals surface area contributed by atoms with Gasteiger partial charge in [0.2, 0.25) is 0 Å². The van der Waals surface area contributed by atoms with Gasteiger partial charge in [-0.3, -0.25) is 19.5 Å². The highest BCUT2D eigenvalue weighted by atomic mass is 16.5. The summed E-state index contributed by atoms with van der Waals surface area (Å²) < 4.78 is 12.4. The van der Waals surface area contributed by atoms with Crippen LogP contribution >= 0.6 is 0 Å². The van der Waals surface area contributed by atoms with Crippen LogP contribution in [0.3, 0.4) is 0 Å². The van der Waals surface area contributed by atoms with Gasteiger partial charge in [-0.25, -0.2) is 0 Å². The molecule has 36 heavy (non-hydrogen) atoms. The van der Waals surface area contributed by atoms with Crippen molar-refractivity contribution in [2.75, 3.05) is 26.8 Å². The Kier molecular flexibility index (Phi) is 8.05. The Balaban J connectivity index is 1.76. The minimum absolute atomic E-state index is 0.0414. The monoisotopic (exact) mass is 491 g/mol. The van der Waals surface area contributed by atoms with Crippen LogP contribution in [0.1, 0.15) is 48.2 Å². The van der Waals surface area contributed by atoms with Gasteiger partial charge in [0.25, 0.3) is 5.56 Å². The van der Waals surface area contributed by atoms with Crippen molar-refractivity contribution in [2.45, 2.75) is 39.3 Å². The number of nitrogens with zero attached hydrogens (tertiary/aromatic N) is 3. The number of rotatable bonds is 8. The molecule has 1 atom stereocenters. The number of esters is 1. The summed E-state index contributed by atoms with van der Waals surface area (Å²) in [6.45, 7) is 5.50. The molecule has 190 valence electrons. The van der Waals surface area contributed by atoms with Gasteiger partial charge in [0, 0.05) is 18.1 Å². The zero-order valence-corrected chi connectivity index (χ0v) is 21.0. The third kappa shape index (κ3) is 5.44. The quantitative estimate of drug-likeness (QED) is 0.481. The largest absolute Gasteiger partial charge is 0.507 e. The zero-order chi connectivity index (χ0) is 25.7. The van der Waals surface area contributed by atoms with Crippen LogP contribution < -0.4 is 10.3 Å². The number of hydrogen-bond acceptors (Lipinski definition) is 7. The van der Waals surface area contributed by atoms with Gasteiger partial charge in [0.05, 0.1) is 37.8 Å². The lowest BCUT2D eigenvalue weighted by Crippen LogP contribution is -2.42. The van der Waals surface area contributed by atoms with E-state index in [-0.39, 0.29) is 23.2 Å². The van der Waals surface area contributed by atoms with E-state index in [1.165, 1.54) is 0 Å². The van der Waals surface area contributed by atoms with Crippen LogP contribution in [-0.2, 0) is 16.1 Å². The Hall–Kier alpha value is -3.65. The predicted octanol–water partition coefficient (Wildman–Crippen LogP) is 3.68. The average Bonchev–Trinajstić information content (AvgIpc) is 2.90. The molecule has 8 nitrogen and oxygen atoms in total. The van der Waals surface area contributed by atoms with E-state index in [1.807, 2.05) is 50.2 Å². The molecule has 0 bridgehead atoms. The fourth-order valence-corrected chi connectivity index (χ4v) is 4.92. The highest BCUT2D eigenvalue weighted by molar-refractivity contribution is 5.72. The molecule has 0 aliphatic carbocycles. The van der Waals surface area contributed by atoms with Crippen molar-refractivity contribution in [1.82, 2.24) is 14.5 Å². The molecule has 0 radical (unpaired) electrons. The van der Waals surface area contributed by atoms with Crippen LogP contribution in [0.25, 0.3) is 0 Å². The molecule has 1 unspecified atom stereocenters. The number of pyridine rings is 2. The van der Waals surface area contributed by atoms with Gasteiger partial charge in [-0.05, 0) is 75.2 Å². The summed E-state index contributed by atoms with van der Waals surface area (Å²) in [5, 5.41) is 11.1. The Bertz CT molecular complexity index is 1250. The fraction of sp³-hybridized carbons (Fsp3) is 0.393. The molecule has 0 amide bonds. The predicted molar refractivity (Wildman–Crippen MR) is 136 cm³/mol. The third-order valence-corrected chi connectivity index (χ3v) is 6.78. The van der Waals surface area contributed by atoms with Crippen molar-refractivity contribution in [3.8, 4) is 11.5 Å². The minimum Gasteiger partial charge on any atom is -0.507 e. The number of methoxy groups -OCH3 is 1. The molecule has 0 spiro atoms. The van der Waals surface area contributed by atoms with Crippen LogP contribution in [0.5, 0.6) is 11.5 Å². The number of hydrogen-bond donors (Lipinski definition) is 1. The van der Waals surface area contributed by atoms with Crippen molar-refractivity contribution in [3.63, 3.8) is 0 Å². The average molecular weight is 492 g/mol. The van der Waals surface area contributed by atoms with Crippen LogP contribution in [0.15, 0.2) is 59.7 Å². The number of aromatic hydroxyl groups is 1. The molecule has 8 heteroatoms. The number of aromatic nitrogens is 2. The third-order valence-electron chi connectivity index (χ3n) is 6.78. The van der Waals surface area contributed by atoms with Gasteiger partial charge < -0.3 is 19.1 Å². The number of carbonyl (C=O) groups is 1. The first-order valence-corrected chi connectivity index (χ1v) is 12.3. The van der Waals surface area contributed by atoms with E-state index >= 15 is 0 Å². The summed E-state index contributed by atoms with van der Waals surface area (Å²) in [6, 6.07) is 12.5. The first kappa shape index (κ1) is 25.4. The second-order valence-electron chi connectivity index (χ2n) is 9.08. The van der Waals surface area contributed by atoms with Crippen molar-refractivity contribution in [3.05, 3.63) is 87.6 Å². The van der Waals surface area contributed by atoms with E-state index in [9.17, 15) is 14.7 Å². The Morgan fingerprint density at radius 3 is 2.64 bits per heavy atom. The maximum absolute atomic E-state index is 13.9. The van der Waals surface area contributed by atoms with Crippen LogP contribution in [0.4, 0.5) is 0 Å². The standard InChI is InChI=1S/C28H33N3O5/c1-4-36-28(34)21-10-13-30(14-11-21)26(22-8-5-9-23(16-22)35-3)25-24(32)15-19(2)31(27(25)33)18-20-7-6-12-29-17-20/h5-9,12,15-17,21,26,32H,4,10-11,13-14,18H2,1-3H3. The van der Waals surface area contributed by atoms with Crippen LogP contribution in [0.2, 0.25) is 0 Å². The molecule has 4 rings (SSSR count). The molecule has 0 saturated carbocycles. The maximum atomic E-state index is 13.9. The van der Waals surface area contributed by atoms with E-state index in [0.717, 1.165) is 11.1 Å². The van der Waals surface area contributed by atoms with E-state index < -0.39 is 6.04 Å². The van der Waals surface area contributed by atoms with E-state index in [2.05, 4.69) is 9.88 Å². The lowest BCUT2D eigenvalue weighted by molar-refractivity contribution is -0.149. The maximum Gasteiger partial charge on any atom is 0.309 e. The first-order chi connectivity index (χ1) is 17.4. The van der Waals surface area contributed by atoms with E-state index in [1.54, 1.807) is 30.1 Å². The molecule has 1 aromatic carbocycles. The molecule has 3 heterocycles. The van der Waals surface area contributed by atoms with Gasteiger partial charge in [0.15, 0.2) is 0 Å². The molecular formula is C28H33N3O5. The van der Waals surface area contributed by atoms with Crippen molar-refractivity contribution in [2.24, 2.45) is 5.92 Å². The number of ether oxygens (including phenoxy) is 2. The van der Waals surface area contributed by atoms with Crippen molar-refractivity contribution >= 4 is 5.97 Å². The van der Waals surface area contributed by atoms with E-state index in [4.69, 9.17) is 9.47 Å². The zero-order valence-electron chi connectivity index (χ0n) is 21.0. The van der Waals surface area contributed by atoms with Gasteiger partial charge in [-0.1, -0.05) is 18.2 Å². The highest BCUT2D eigenvalue weighted by Gasteiger charge is 2.34. The molecule has 1 N–H and O–H groups in total. The Morgan fingerprint density at radius 2 is 1.97 bits per heavy atom. The van der Waals surface area contributed by atoms with Crippen molar-refractivity contribution in [1.29, 1.82) is 0 Å². The number of likely N-dealkylation sites (tertiary alicyclic amines) is 1. The summed E-state index contributed by atoms with van der Waals surface area (Å²) in [4.78, 5) is 32.6. The summed E-state index contributed by atoms with van der Waals surface area (Å²) in [7, 11) is 1.60. The minimum atomic E-state index is -0.503. The normalized spacial score (nSPS) is 15.4. The molecule has 2 aromatic heterocycles. The number of aryl methyl sites for hydroxylation is 1. The van der Waals surface area contributed by atoms with E-state index in [0.29, 0.717) is 56.1 Å². The Labute approximate surface area is 211 Å². The van der Waals surface area contributed by atoms with Crippen molar-refractivity contribution < 1.29 is 19.4 Å². The molecule has 3 aromatic rings. The Morgan fingerprint density at radius 1 is 1.19 bits per heavy atom.